The summed E-state index contributed by atoms with van der Waals surface area (Å²) >= 11 is 0. The molecule has 3 aromatic rings. The molecule has 0 spiro atoms. The van der Waals surface area contributed by atoms with Gasteiger partial charge in [-0.05, 0) is 36.6 Å². The molecule has 0 saturated carbocycles. The zero-order valence-electron chi connectivity index (χ0n) is 17.3. The van der Waals surface area contributed by atoms with Crippen LogP contribution in [-0.2, 0) is 18.3 Å². The summed E-state index contributed by atoms with van der Waals surface area (Å²) in [5, 5.41) is 7.35. The van der Waals surface area contributed by atoms with Crippen molar-refractivity contribution >= 4 is 11.9 Å². The summed E-state index contributed by atoms with van der Waals surface area (Å²) in [4.78, 5) is 23.6. The van der Waals surface area contributed by atoms with Crippen molar-refractivity contribution in [2.45, 2.75) is 25.3 Å². The Kier molecular flexibility index (Phi) is 5.92. The summed E-state index contributed by atoms with van der Waals surface area (Å²) in [5.74, 6) is 1.56. The number of carbonyl (C=O) groups excluding carboxylic acids is 1. The normalized spacial score (nSPS) is 15.9. The van der Waals surface area contributed by atoms with Crippen molar-refractivity contribution in [2.24, 2.45) is 7.05 Å². The monoisotopic (exact) mass is 406 g/mol. The van der Waals surface area contributed by atoms with Gasteiger partial charge in [0.2, 0.25) is 11.9 Å². The number of anilines is 1. The molecule has 1 aliphatic rings. The molecule has 2 aromatic heterocycles. The van der Waals surface area contributed by atoms with Crippen LogP contribution in [0.1, 0.15) is 18.4 Å². The van der Waals surface area contributed by atoms with Gasteiger partial charge in [-0.3, -0.25) is 9.48 Å². The summed E-state index contributed by atoms with van der Waals surface area (Å²) in [7, 11) is 3.53. The number of benzene rings is 1. The highest BCUT2D eigenvalue weighted by Crippen LogP contribution is 2.21. The maximum atomic E-state index is 12.4. The smallest absolute Gasteiger partial charge is 0.225 e. The van der Waals surface area contributed by atoms with Gasteiger partial charge in [0.25, 0.3) is 0 Å². The van der Waals surface area contributed by atoms with Gasteiger partial charge in [-0.2, -0.15) is 5.10 Å². The number of nitrogens with one attached hydrogen (secondary N) is 1. The minimum absolute atomic E-state index is 0.0645. The standard InChI is InChI=1S/C22H26N6O2/c1-27-14-17(13-24-27)20-8-10-23-22(26-20)28-11-9-18(15-28)25-21(29)7-6-16-4-3-5-19(12-16)30-2/h3-5,8,10,12-14,18H,6-7,9,11,15H2,1-2H3,(H,25,29). The van der Waals surface area contributed by atoms with Gasteiger partial charge >= 0.3 is 0 Å². The SMILES string of the molecule is COc1cccc(CCC(=O)NC2CCN(c3nccc(-c4cnn(C)c4)n3)C2)c1. The van der Waals surface area contributed by atoms with E-state index in [1.807, 2.05) is 43.6 Å². The number of amides is 1. The molecule has 3 heterocycles. The minimum Gasteiger partial charge on any atom is -0.497 e. The number of aryl methyl sites for hydroxylation is 2. The van der Waals surface area contributed by atoms with Gasteiger partial charge in [0.15, 0.2) is 0 Å². The van der Waals surface area contributed by atoms with E-state index in [0.717, 1.165) is 35.5 Å². The predicted molar refractivity (Wildman–Crippen MR) is 114 cm³/mol. The van der Waals surface area contributed by atoms with E-state index >= 15 is 0 Å². The van der Waals surface area contributed by atoms with Crippen LogP contribution in [0.5, 0.6) is 5.75 Å². The third-order valence-corrected chi connectivity index (χ3v) is 5.25. The highest BCUT2D eigenvalue weighted by atomic mass is 16.5. The van der Waals surface area contributed by atoms with E-state index < -0.39 is 0 Å². The van der Waals surface area contributed by atoms with Crippen LogP contribution in [0.2, 0.25) is 0 Å². The van der Waals surface area contributed by atoms with Crippen molar-refractivity contribution in [1.82, 2.24) is 25.1 Å². The maximum absolute atomic E-state index is 12.4. The maximum Gasteiger partial charge on any atom is 0.225 e. The van der Waals surface area contributed by atoms with Gasteiger partial charge in [0.1, 0.15) is 5.75 Å². The minimum atomic E-state index is 0.0645. The molecule has 0 aliphatic carbocycles. The average Bonchev–Trinajstić information content (AvgIpc) is 3.42. The number of nitrogens with zero attached hydrogens (tertiary/aromatic N) is 5. The number of rotatable bonds is 7. The van der Waals surface area contributed by atoms with Gasteiger partial charge in [-0.25, -0.2) is 9.97 Å². The number of ether oxygens (including phenoxy) is 1. The second-order valence-corrected chi connectivity index (χ2v) is 7.50. The first kappa shape index (κ1) is 19.9. The highest BCUT2D eigenvalue weighted by molar-refractivity contribution is 5.76. The quantitative estimate of drug-likeness (QED) is 0.648. The van der Waals surface area contributed by atoms with E-state index in [0.29, 0.717) is 25.3 Å². The summed E-state index contributed by atoms with van der Waals surface area (Å²) in [6.45, 7) is 1.53. The fourth-order valence-corrected chi connectivity index (χ4v) is 3.66. The fourth-order valence-electron chi connectivity index (χ4n) is 3.66. The Balaban J connectivity index is 1.30. The Morgan fingerprint density at radius 2 is 2.23 bits per heavy atom. The van der Waals surface area contributed by atoms with Crippen LogP contribution in [0.25, 0.3) is 11.3 Å². The molecule has 1 aromatic carbocycles. The first-order valence-corrected chi connectivity index (χ1v) is 10.1. The Morgan fingerprint density at radius 3 is 3.03 bits per heavy atom. The third-order valence-electron chi connectivity index (χ3n) is 5.25. The predicted octanol–water partition coefficient (Wildman–Crippen LogP) is 2.21. The fraction of sp³-hybridized carbons (Fsp3) is 0.364. The lowest BCUT2D eigenvalue weighted by Gasteiger charge is -2.17. The van der Waals surface area contributed by atoms with Crippen molar-refractivity contribution in [2.75, 3.05) is 25.1 Å². The molecule has 1 saturated heterocycles. The zero-order valence-corrected chi connectivity index (χ0v) is 17.3. The molecular weight excluding hydrogens is 380 g/mol. The summed E-state index contributed by atoms with van der Waals surface area (Å²) < 4.78 is 6.99. The van der Waals surface area contributed by atoms with E-state index in [9.17, 15) is 4.79 Å². The van der Waals surface area contributed by atoms with Crippen LogP contribution >= 0.6 is 0 Å². The first-order chi connectivity index (χ1) is 14.6. The lowest BCUT2D eigenvalue weighted by Crippen LogP contribution is -2.37. The van der Waals surface area contributed by atoms with Gasteiger partial charge in [0.05, 0.1) is 19.0 Å². The number of hydrogen-bond donors (Lipinski definition) is 1. The molecule has 1 unspecified atom stereocenters. The number of methoxy groups -OCH3 is 1. The van der Waals surface area contributed by atoms with Crippen molar-refractivity contribution in [1.29, 1.82) is 0 Å². The Bertz CT molecular complexity index is 1020. The summed E-state index contributed by atoms with van der Waals surface area (Å²) in [5.41, 5.74) is 2.90. The molecular formula is C22H26N6O2. The summed E-state index contributed by atoms with van der Waals surface area (Å²) in [6, 6.07) is 9.82. The van der Waals surface area contributed by atoms with E-state index in [1.165, 1.54) is 0 Å². The van der Waals surface area contributed by atoms with Crippen molar-refractivity contribution in [3.8, 4) is 17.0 Å². The molecule has 1 aliphatic heterocycles. The molecule has 1 atom stereocenters. The molecule has 0 radical (unpaired) electrons. The van der Waals surface area contributed by atoms with Gasteiger partial charge < -0.3 is 15.0 Å². The van der Waals surface area contributed by atoms with E-state index in [-0.39, 0.29) is 11.9 Å². The molecule has 156 valence electrons. The Morgan fingerprint density at radius 1 is 1.33 bits per heavy atom. The van der Waals surface area contributed by atoms with Crippen LogP contribution in [-0.4, -0.2) is 51.9 Å². The molecule has 1 fully saturated rings. The zero-order chi connectivity index (χ0) is 20.9. The van der Waals surface area contributed by atoms with Crippen LogP contribution < -0.4 is 15.0 Å². The van der Waals surface area contributed by atoms with Gasteiger partial charge in [0, 0.05) is 50.6 Å². The third kappa shape index (κ3) is 4.76. The lowest BCUT2D eigenvalue weighted by molar-refractivity contribution is -0.121. The van der Waals surface area contributed by atoms with E-state index in [1.54, 1.807) is 24.2 Å². The number of carbonyl (C=O) groups is 1. The molecule has 8 nitrogen and oxygen atoms in total. The second kappa shape index (κ2) is 8.94. The average molecular weight is 406 g/mol. The second-order valence-electron chi connectivity index (χ2n) is 7.50. The van der Waals surface area contributed by atoms with E-state index in [4.69, 9.17) is 4.74 Å². The van der Waals surface area contributed by atoms with Crippen molar-refractivity contribution in [3.63, 3.8) is 0 Å². The van der Waals surface area contributed by atoms with Gasteiger partial charge in [-0.15, -0.1) is 0 Å². The topological polar surface area (TPSA) is 85.2 Å². The van der Waals surface area contributed by atoms with Crippen LogP contribution in [0.4, 0.5) is 5.95 Å². The molecule has 30 heavy (non-hydrogen) atoms. The summed E-state index contributed by atoms with van der Waals surface area (Å²) in [6.07, 6.45) is 7.52. The van der Waals surface area contributed by atoms with Crippen molar-refractivity contribution < 1.29 is 9.53 Å². The van der Waals surface area contributed by atoms with Crippen LogP contribution in [0.15, 0.2) is 48.9 Å². The molecule has 4 rings (SSSR count). The highest BCUT2D eigenvalue weighted by Gasteiger charge is 2.25. The molecule has 8 heteroatoms. The number of aromatic nitrogens is 4. The Hall–Kier alpha value is -3.42. The first-order valence-electron chi connectivity index (χ1n) is 10.1. The van der Waals surface area contributed by atoms with Crippen LogP contribution in [0, 0.1) is 0 Å². The molecule has 0 bridgehead atoms. The Labute approximate surface area is 175 Å². The molecule has 1 amide bonds. The van der Waals surface area contributed by atoms with Gasteiger partial charge in [-0.1, -0.05) is 12.1 Å². The molecule has 1 N–H and O–H groups in total. The van der Waals surface area contributed by atoms with Crippen LogP contribution in [0.3, 0.4) is 0 Å². The van der Waals surface area contributed by atoms with E-state index in [2.05, 4.69) is 25.3 Å². The lowest BCUT2D eigenvalue weighted by atomic mass is 10.1. The largest absolute Gasteiger partial charge is 0.497 e. The van der Waals surface area contributed by atoms with Crippen molar-refractivity contribution in [3.05, 3.63) is 54.5 Å². The number of hydrogen-bond acceptors (Lipinski definition) is 6.